The van der Waals surface area contributed by atoms with Crippen LogP contribution in [0.15, 0.2) is 94.5 Å². The van der Waals surface area contributed by atoms with Crippen molar-refractivity contribution in [2.24, 2.45) is 0 Å². The minimum Gasteiger partial charge on any atom is -0.486 e. The lowest BCUT2D eigenvalue weighted by atomic mass is 10.1. The van der Waals surface area contributed by atoms with Crippen molar-refractivity contribution in [3.63, 3.8) is 0 Å². The molecular formula is C37H32BrF3N6O5. The number of halogens is 4. The van der Waals surface area contributed by atoms with Crippen LogP contribution in [0.25, 0.3) is 17.1 Å². The Kier molecular flexibility index (Phi) is 10.4. The number of alkyl halides is 3. The second-order valence-electron chi connectivity index (χ2n) is 12.1. The number of hydrogen-bond donors (Lipinski definition) is 1. The number of nitrogens with one attached hydrogen (secondary N) is 1. The lowest BCUT2D eigenvalue weighted by Crippen LogP contribution is -2.47. The molecule has 0 aliphatic carbocycles. The highest BCUT2D eigenvalue weighted by Crippen LogP contribution is 2.36. The van der Waals surface area contributed by atoms with Gasteiger partial charge < -0.3 is 15.0 Å². The molecule has 0 unspecified atom stereocenters. The van der Waals surface area contributed by atoms with E-state index in [1.54, 1.807) is 62.6 Å². The van der Waals surface area contributed by atoms with Crippen LogP contribution in [0.3, 0.4) is 0 Å². The monoisotopic (exact) mass is 776 g/mol. The number of Topliss-reactive ketones (excluding diaryl/α,β-unsaturated/α-hetero) is 1. The minimum absolute atomic E-state index is 0.0235. The number of rotatable bonds is 10. The highest BCUT2D eigenvalue weighted by atomic mass is 79.9. The van der Waals surface area contributed by atoms with Gasteiger partial charge in [-0.2, -0.15) is 13.2 Å². The summed E-state index contributed by atoms with van der Waals surface area (Å²) in [7, 11) is 0. The van der Waals surface area contributed by atoms with Crippen LogP contribution in [0.2, 0.25) is 0 Å². The molecule has 1 aliphatic heterocycles. The zero-order valence-corrected chi connectivity index (χ0v) is 29.6. The maximum atomic E-state index is 14.2. The Morgan fingerprint density at radius 1 is 1.00 bits per heavy atom. The van der Waals surface area contributed by atoms with E-state index in [9.17, 15) is 32.3 Å². The molecule has 0 spiro atoms. The van der Waals surface area contributed by atoms with Gasteiger partial charge in [-0.05, 0) is 61.0 Å². The fourth-order valence-electron chi connectivity index (χ4n) is 5.95. The first-order chi connectivity index (χ1) is 24.9. The standard InChI is InChI=1S/C37H32BrF3N6O5/c1-3-26(48)21-52-27-12-10-25(11-13-27)47-32(34(49)44-18-24-7-4-5-8-28(24)33-42-15-6-16-43-33)31-20-45(22(2)19-46(31)36(47)51)35(50)23-9-14-30(38)29(17-23)37(39,40)41/h4-17,22H,3,18-21H2,1-2H3,(H,44,49)/t22-/m1/s1. The molecule has 15 heteroatoms. The molecule has 1 aliphatic rings. The first kappa shape index (κ1) is 36.2. The maximum absolute atomic E-state index is 14.2. The van der Waals surface area contributed by atoms with Gasteiger partial charge in [0.05, 0.1) is 23.5 Å². The predicted octanol–water partition coefficient (Wildman–Crippen LogP) is 6.21. The normalized spacial score (nSPS) is 14.1. The van der Waals surface area contributed by atoms with Gasteiger partial charge in [0.1, 0.15) is 18.1 Å². The summed E-state index contributed by atoms with van der Waals surface area (Å²) < 4.78 is 49.2. The number of amides is 2. The van der Waals surface area contributed by atoms with Gasteiger partial charge in [-0.25, -0.2) is 14.8 Å². The number of carbonyl (C=O) groups excluding carboxylic acids is 3. The average Bonchev–Trinajstić information content (AvgIpc) is 3.43. The Labute approximate surface area is 304 Å². The van der Waals surface area contributed by atoms with E-state index >= 15 is 0 Å². The number of ketones is 1. The SMILES string of the molecule is CCC(=O)COc1ccc(-n2c(C(=O)NCc3ccccc3-c3ncccn3)c3n(c2=O)C[C@@H](C)N(C(=O)c2ccc(Br)c(C(F)(F)F)c2)C3)cc1. The highest BCUT2D eigenvalue weighted by molar-refractivity contribution is 9.10. The molecule has 0 fully saturated rings. The third kappa shape index (κ3) is 7.40. The van der Waals surface area contributed by atoms with Gasteiger partial charge in [0.25, 0.3) is 11.8 Å². The minimum atomic E-state index is -4.71. The number of nitrogens with zero attached hydrogens (tertiary/aromatic N) is 5. The fraction of sp³-hybridized carbons (Fsp3) is 0.243. The van der Waals surface area contributed by atoms with Crippen molar-refractivity contribution in [2.75, 3.05) is 6.61 Å². The number of carbonyl (C=O) groups is 3. The van der Waals surface area contributed by atoms with E-state index in [-0.39, 0.29) is 53.4 Å². The maximum Gasteiger partial charge on any atom is 0.417 e. The fourth-order valence-corrected chi connectivity index (χ4v) is 6.42. The second kappa shape index (κ2) is 15.0. The summed E-state index contributed by atoms with van der Waals surface area (Å²) in [6.07, 6.45) is -1.18. The smallest absolute Gasteiger partial charge is 0.417 e. The molecule has 268 valence electrons. The second-order valence-corrected chi connectivity index (χ2v) is 12.9. The van der Waals surface area contributed by atoms with Crippen LogP contribution in [-0.2, 0) is 30.6 Å². The third-order valence-corrected chi connectivity index (χ3v) is 9.38. The summed E-state index contributed by atoms with van der Waals surface area (Å²) in [6.45, 7) is 3.05. The van der Waals surface area contributed by atoms with Crippen LogP contribution < -0.4 is 15.7 Å². The van der Waals surface area contributed by atoms with E-state index in [1.165, 1.54) is 26.2 Å². The van der Waals surface area contributed by atoms with Crippen LogP contribution in [0.5, 0.6) is 5.75 Å². The van der Waals surface area contributed by atoms with E-state index in [4.69, 9.17) is 4.74 Å². The lowest BCUT2D eigenvalue weighted by Gasteiger charge is -2.34. The Morgan fingerprint density at radius 3 is 2.40 bits per heavy atom. The number of fused-ring (bicyclic) bond motifs is 1. The van der Waals surface area contributed by atoms with Crippen molar-refractivity contribution in [1.29, 1.82) is 0 Å². The molecule has 0 saturated heterocycles. The van der Waals surface area contributed by atoms with Crippen LogP contribution >= 0.6 is 15.9 Å². The predicted molar refractivity (Wildman–Crippen MR) is 188 cm³/mol. The zero-order chi connectivity index (χ0) is 37.2. The topological polar surface area (TPSA) is 128 Å². The van der Waals surface area contributed by atoms with Crippen molar-refractivity contribution in [1.82, 2.24) is 29.3 Å². The molecule has 0 saturated carbocycles. The van der Waals surface area contributed by atoms with Crippen LogP contribution in [0.1, 0.15) is 57.9 Å². The van der Waals surface area contributed by atoms with Gasteiger partial charge in [0.2, 0.25) is 0 Å². The highest BCUT2D eigenvalue weighted by Gasteiger charge is 2.37. The molecule has 52 heavy (non-hydrogen) atoms. The molecule has 3 aromatic carbocycles. The van der Waals surface area contributed by atoms with Gasteiger partial charge in [0, 0.05) is 53.5 Å². The van der Waals surface area contributed by atoms with Gasteiger partial charge in [0.15, 0.2) is 11.6 Å². The number of benzene rings is 3. The largest absolute Gasteiger partial charge is 0.486 e. The van der Waals surface area contributed by atoms with Crippen molar-refractivity contribution in [2.45, 2.75) is 52.1 Å². The summed E-state index contributed by atoms with van der Waals surface area (Å²) >= 11 is 2.91. The summed E-state index contributed by atoms with van der Waals surface area (Å²) in [5.74, 6) is -0.577. The van der Waals surface area contributed by atoms with Gasteiger partial charge >= 0.3 is 11.9 Å². The molecule has 2 aromatic heterocycles. The summed E-state index contributed by atoms with van der Waals surface area (Å²) in [5.41, 5.74) is 0.121. The van der Waals surface area contributed by atoms with Crippen molar-refractivity contribution < 1.29 is 32.3 Å². The summed E-state index contributed by atoms with van der Waals surface area (Å²) in [5, 5.41) is 2.90. The molecule has 0 radical (unpaired) electrons. The molecule has 1 N–H and O–H groups in total. The number of aromatic nitrogens is 4. The van der Waals surface area contributed by atoms with E-state index in [2.05, 4.69) is 31.2 Å². The van der Waals surface area contributed by atoms with Gasteiger partial charge in [-0.1, -0.05) is 47.1 Å². The van der Waals surface area contributed by atoms with Crippen molar-refractivity contribution in [3.8, 4) is 22.8 Å². The zero-order valence-electron chi connectivity index (χ0n) is 28.0. The van der Waals surface area contributed by atoms with E-state index in [0.717, 1.165) is 6.07 Å². The first-order valence-electron chi connectivity index (χ1n) is 16.3. The molecule has 1 atom stereocenters. The van der Waals surface area contributed by atoms with Crippen LogP contribution in [0.4, 0.5) is 13.2 Å². The Bertz CT molecular complexity index is 2200. The lowest BCUT2D eigenvalue weighted by molar-refractivity contribution is -0.138. The van der Waals surface area contributed by atoms with E-state index in [0.29, 0.717) is 34.8 Å². The molecule has 5 aromatic rings. The number of ether oxygens (including phenoxy) is 1. The molecule has 11 nitrogen and oxygen atoms in total. The molecule has 0 bridgehead atoms. The Morgan fingerprint density at radius 2 is 1.71 bits per heavy atom. The summed E-state index contributed by atoms with van der Waals surface area (Å²) in [6, 6.07) is 17.9. The first-order valence-corrected chi connectivity index (χ1v) is 17.1. The number of imidazole rings is 1. The van der Waals surface area contributed by atoms with Gasteiger partial charge in [-0.3, -0.25) is 23.5 Å². The van der Waals surface area contributed by atoms with Crippen molar-refractivity contribution >= 4 is 33.5 Å². The van der Waals surface area contributed by atoms with Crippen LogP contribution in [-0.4, -0.2) is 54.2 Å². The molecular weight excluding hydrogens is 745 g/mol. The Balaban J connectivity index is 1.38. The van der Waals surface area contributed by atoms with Crippen LogP contribution in [0, 0.1) is 0 Å². The van der Waals surface area contributed by atoms with E-state index < -0.39 is 35.3 Å². The van der Waals surface area contributed by atoms with E-state index in [1.807, 2.05) is 18.2 Å². The Hall–Kier alpha value is -5.57. The summed E-state index contributed by atoms with van der Waals surface area (Å²) in [4.78, 5) is 63.9. The number of hydrogen-bond acceptors (Lipinski definition) is 7. The third-order valence-electron chi connectivity index (χ3n) is 8.69. The van der Waals surface area contributed by atoms with Gasteiger partial charge in [-0.15, -0.1) is 0 Å². The van der Waals surface area contributed by atoms with Crippen molar-refractivity contribution in [3.05, 3.63) is 128 Å². The molecule has 2 amide bonds. The molecule has 3 heterocycles. The quantitative estimate of drug-likeness (QED) is 0.179. The average molecular weight is 778 g/mol. The molecule has 6 rings (SSSR count).